The molecule has 0 saturated carbocycles. The summed E-state index contributed by atoms with van der Waals surface area (Å²) in [5.41, 5.74) is 3.39. The van der Waals surface area contributed by atoms with Crippen LogP contribution >= 0.6 is 11.8 Å². The summed E-state index contributed by atoms with van der Waals surface area (Å²) in [6, 6.07) is 30.3. The van der Waals surface area contributed by atoms with Crippen molar-refractivity contribution in [2.45, 2.75) is 43.3 Å². The molecule has 1 aliphatic rings. The van der Waals surface area contributed by atoms with Crippen molar-refractivity contribution in [2.24, 2.45) is 0 Å². The lowest BCUT2D eigenvalue weighted by atomic mass is 10.1. The van der Waals surface area contributed by atoms with Crippen LogP contribution in [0.25, 0.3) is 6.08 Å². The molecule has 4 aromatic rings. The van der Waals surface area contributed by atoms with Gasteiger partial charge in [0, 0.05) is 22.6 Å². The average molecular weight is 634 g/mol. The van der Waals surface area contributed by atoms with Crippen LogP contribution in [0.15, 0.2) is 114 Å². The van der Waals surface area contributed by atoms with Crippen molar-refractivity contribution in [1.29, 1.82) is 0 Å². The number of carbonyl (C=O) groups is 4. The second-order valence-corrected chi connectivity index (χ2v) is 12.1. The van der Waals surface area contributed by atoms with Crippen LogP contribution in [-0.2, 0) is 14.4 Å². The number of unbranched alkanes of at least 4 members (excludes halogenated alkanes) is 1. The zero-order chi connectivity index (χ0) is 32.5. The lowest BCUT2D eigenvalue weighted by Crippen LogP contribution is -2.31. The number of amides is 4. The van der Waals surface area contributed by atoms with Crippen LogP contribution in [0.4, 0.5) is 11.4 Å². The third-order valence-corrected chi connectivity index (χ3v) is 8.47. The fourth-order valence-corrected chi connectivity index (χ4v) is 5.80. The molecule has 0 aromatic heterocycles. The minimum atomic E-state index is -0.564. The molecule has 1 aliphatic heterocycles. The molecule has 0 bridgehead atoms. The molecular weight excluding hydrogens is 598 g/mol. The summed E-state index contributed by atoms with van der Waals surface area (Å²) in [6.45, 7) is 4.69. The molecule has 1 fully saturated rings. The zero-order valence-corrected chi connectivity index (χ0v) is 26.5. The zero-order valence-electron chi connectivity index (χ0n) is 25.7. The number of imide groups is 1. The average Bonchev–Trinajstić information content (AvgIpc) is 3.35. The van der Waals surface area contributed by atoms with Gasteiger partial charge in [-0.25, -0.2) is 4.90 Å². The number of carbonyl (C=O) groups excluding carboxylic acids is 4. The van der Waals surface area contributed by atoms with Gasteiger partial charge in [0.15, 0.2) is 0 Å². The number of aryl methyl sites for hydroxylation is 1. The molecule has 234 valence electrons. The van der Waals surface area contributed by atoms with Gasteiger partial charge < -0.3 is 15.4 Å². The second-order valence-electron chi connectivity index (χ2n) is 10.8. The SMILES string of the molecule is CCCCOc1ccc(N2C(=O)CC(Sc3ccc(NC(=O)/C(=C/c4ccc(C)cc4)NC(=O)c4ccccc4)cc3)C2=O)cc1. The molecular formula is C37H35N3O5S. The van der Waals surface area contributed by atoms with E-state index >= 15 is 0 Å². The summed E-state index contributed by atoms with van der Waals surface area (Å²) in [5, 5.41) is 5.02. The molecule has 1 saturated heterocycles. The fraction of sp³-hybridized carbons (Fsp3) is 0.189. The van der Waals surface area contributed by atoms with Crippen molar-refractivity contribution in [3.63, 3.8) is 0 Å². The number of rotatable bonds is 12. The van der Waals surface area contributed by atoms with E-state index in [2.05, 4.69) is 17.6 Å². The van der Waals surface area contributed by atoms with Gasteiger partial charge in [0.05, 0.1) is 17.5 Å². The molecule has 0 spiro atoms. The van der Waals surface area contributed by atoms with Crippen LogP contribution < -0.4 is 20.3 Å². The molecule has 1 atom stereocenters. The number of nitrogens with one attached hydrogen (secondary N) is 2. The van der Waals surface area contributed by atoms with Crippen LogP contribution in [0.2, 0.25) is 0 Å². The first-order valence-electron chi connectivity index (χ1n) is 15.1. The number of nitrogens with zero attached hydrogens (tertiary/aromatic N) is 1. The largest absolute Gasteiger partial charge is 0.494 e. The van der Waals surface area contributed by atoms with Crippen LogP contribution in [0, 0.1) is 6.92 Å². The number of hydrogen-bond acceptors (Lipinski definition) is 6. The fourth-order valence-electron chi connectivity index (χ4n) is 4.74. The normalized spacial score (nSPS) is 14.7. The quantitative estimate of drug-likeness (QED) is 0.0989. The van der Waals surface area contributed by atoms with Crippen LogP contribution in [0.5, 0.6) is 5.75 Å². The minimum Gasteiger partial charge on any atom is -0.494 e. The summed E-state index contributed by atoms with van der Waals surface area (Å²) >= 11 is 1.30. The van der Waals surface area contributed by atoms with Gasteiger partial charge in [0.1, 0.15) is 11.4 Å². The van der Waals surface area contributed by atoms with Gasteiger partial charge in [-0.3, -0.25) is 19.2 Å². The second kappa shape index (κ2) is 15.2. The maximum absolute atomic E-state index is 13.4. The Morgan fingerprint density at radius 3 is 2.28 bits per heavy atom. The van der Waals surface area contributed by atoms with Crippen molar-refractivity contribution in [3.8, 4) is 5.75 Å². The number of ether oxygens (including phenoxy) is 1. The maximum Gasteiger partial charge on any atom is 0.272 e. The Labute approximate surface area is 272 Å². The molecule has 5 rings (SSSR count). The highest BCUT2D eigenvalue weighted by atomic mass is 32.2. The molecule has 0 aliphatic carbocycles. The van der Waals surface area contributed by atoms with E-state index in [1.807, 2.05) is 37.3 Å². The van der Waals surface area contributed by atoms with Gasteiger partial charge in [-0.05, 0) is 85.6 Å². The van der Waals surface area contributed by atoms with E-state index in [1.54, 1.807) is 78.9 Å². The van der Waals surface area contributed by atoms with Gasteiger partial charge in [-0.1, -0.05) is 61.4 Å². The third-order valence-electron chi connectivity index (χ3n) is 7.27. The Morgan fingerprint density at radius 2 is 1.61 bits per heavy atom. The van der Waals surface area contributed by atoms with Gasteiger partial charge >= 0.3 is 0 Å². The van der Waals surface area contributed by atoms with Crippen molar-refractivity contribution in [2.75, 3.05) is 16.8 Å². The smallest absolute Gasteiger partial charge is 0.272 e. The highest BCUT2D eigenvalue weighted by Crippen LogP contribution is 2.35. The lowest BCUT2D eigenvalue weighted by molar-refractivity contribution is -0.121. The Balaban J connectivity index is 1.23. The molecule has 4 aromatic carbocycles. The highest BCUT2D eigenvalue weighted by molar-refractivity contribution is 8.00. The number of hydrogen-bond donors (Lipinski definition) is 2. The van der Waals surface area contributed by atoms with Crippen molar-refractivity contribution in [3.05, 3.63) is 126 Å². The Kier molecular flexibility index (Phi) is 10.7. The standard InChI is InChI=1S/C37H35N3O5S/c1-3-4-22-45-30-18-16-29(17-19-30)40-34(41)24-33(37(40)44)46-31-20-14-28(15-21-31)38-36(43)32(23-26-12-10-25(2)11-13-26)39-35(42)27-8-6-5-7-9-27/h5-21,23,33H,3-4,22,24H2,1-2H3,(H,38,43)(H,39,42)/b32-23-. The van der Waals surface area contributed by atoms with Crippen LogP contribution in [0.3, 0.4) is 0 Å². The van der Waals surface area contributed by atoms with Gasteiger partial charge in [0.2, 0.25) is 11.8 Å². The number of anilines is 2. The third kappa shape index (κ3) is 8.31. The van der Waals surface area contributed by atoms with E-state index in [-0.39, 0.29) is 23.9 Å². The lowest BCUT2D eigenvalue weighted by Gasteiger charge is -2.16. The minimum absolute atomic E-state index is 0.0883. The summed E-state index contributed by atoms with van der Waals surface area (Å²) in [7, 11) is 0. The number of thioether (sulfide) groups is 1. The Bertz CT molecular complexity index is 1720. The van der Waals surface area contributed by atoms with Crippen molar-refractivity contribution < 1.29 is 23.9 Å². The molecule has 4 amide bonds. The molecule has 46 heavy (non-hydrogen) atoms. The predicted octanol–water partition coefficient (Wildman–Crippen LogP) is 7.01. The number of benzene rings is 4. The molecule has 2 N–H and O–H groups in total. The highest BCUT2D eigenvalue weighted by Gasteiger charge is 2.40. The van der Waals surface area contributed by atoms with Crippen molar-refractivity contribution in [1.82, 2.24) is 5.32 Å². The van der Waals surface area contributed by atoms with Crippen LogP contribution in [-0.4, -0.2) is 35.5 Å². The van der Waals surface area contributed by atoms with E-state index in [9.17, 15) is 19.2 Å². The molecule has 9 heteroatoms. The van der Waals surface area contributed by atoms with E-state index in [1.165, 1.54) is 16.7 Å². The van der Waals surface area contributed by atoms with E-state index < -0.39 is 17.1 Å². The van der Waals surface area contributed by atoms with Crippen molar-refractivity contribution >= 4 is 52.8 Å². The molecule has 8 nitrogen and oxygen atoms in total. The Morgan fingerprint density at radius 1 is 0.913 bits per heavy atom. The maximum atomic E-state index is 13.4. The monoisotopic (exact) mass is 633 g/mol. The molecule has 1 heterocycles. The van der Waals surface area contributed by atoms with E-state index in [4.69, 9.17) is 4.74 Å². The first-order valence-corrected chi connectivity index (χ1v) is 16.0. The summed E-state index contributed by atoms with van der Waals surface area (Å²) < 4.78 is 5.69. The molecule has 0 radical (unpaired) electrons. The predicted molar refractivity (Wildman–Crippen MR) is 182 cm³/mol. The van der Waals surface area contributed by atoms with Gasteiger partial charge in [0.25, 0.3) is 11.8 Å². The first kappa shape index (κ1) is 32.2. The van der Waals surface area contributed by atoms with Crippen LogP contribution in [0.1, 0.15) is 47.7 Å². The molecule has 1 unspecified atom stereocenters. The summed E-state index contributed by atoms with van der Waals surface area (Å²) in [6.07, 6.45) is 3.70. The Hall–Kier alpha value is -5.15. The van der Waals surface area contributed by atoms with E-state index in [0.717, 1.165) is 28.9 Å². The van der Waals surface area contributed by atoms with E-state index in [0.29, 0.717) is 29.3 Å². The first-order chi connectivity index (χ1) is 22.3. The van der Waals surface area contributed by atoms with Gasteiger partial charge in [-0.15, -0.1) is 11.8 Å². The topological polar surface area (TPSA) is 105 Å². The summed E-state index contributed by atoms with van der Waals surface area (Å²) in [4.78, 5) is 54.3. The summed E-state index contributed by atoms with van der Waals surface area (Å²) in [5.74, 6) is -0.713. The van der Waals surface area contributed by atoms with Gasteiger partial charge in [-0.2, -0.15) is 0 Å².